The smallest absolute Gasteiger partial charge is 0.338 e. The summed E-state index contributed by atoms with van der Waals surface area (Å²) in [6.07, 6.45) is 1.67. The molecule has 0 spiro atoms. The Morgan fingerprint density at radius 1 is 1.35 bits per heavy atom. The largest absolute Gasteiger partial charge is 0.497 e. The van der Waals surface area contributed by atoms with Gasteiger partial charge in [-0.2, -0.15) is 0 Å². The van der Waals surface area contributed by atoms with Crippen molar-refractivity contribution >= 4 is 39.3 Å². The van der Waals surface area contributed by atoms with Gasteiger partial charge in [0.25, 0.3) is 5.56 Å². The van der Waals surface area contributed by atoms with E-state index in [4.69, 9.17) is 13.9 Å². The molecule has 0 radical (unpaired) electrons. The van der Waals surface area contributed by atoms with Crippen LogP contribution in [0, 0.1) is 0 Å². The second kappa shape index (κ2) is 8.68. The molecule has 0 saturated heterocycles. The first-order valence-corrected chi connectivity index (χ1v) is 11.1. The minimum absolute atomic E-state index is 0.220. The Hall–Kier alpha value is -2.91. The highest BCUT2D eigenvalue weighted by molar-refractivity contribution is 9.10. The van der Waals surface area contributed by atoms with E-state index in [-0.39, 0.29) is 12.2 Å². The maximum Gasteiger partial charge on any atom is 0.338 e. The Morgan fingerprint density at radius 2 is 2.16 bits per heavy atom. The van der Waals surface area contributed by atoms with Crippen LogP contribution in [-0.4, -0.2) is 24.3 Å². The number of benzene rings is 1. The van der Waals surface area contributed by atoms with Crippen LogP contribution in [0.2, 0.25) is 0 Å². The fourth-order valence-electron chi connectivity index (χ4n) is 3.45. The molecule has 4 rings (SSSR count). The van der Waals surface area contributed by atoms with Crippen molar-refractivity contribution in [1.29, 1.82) is 0 Å². The number of thiazole rings is 1. The van der Waals surface area contributed by atoms with Gasteiger partial charge in [0.15, 0.2) is 9.47 Å². The zero-order chi connectivity index (χ0) is 22.1. The average Bonchev–Trinajstić information content (AvgIpc) is 3.30. The van der Waals surface area contributed by atoms with Crippen LogP contribution >= 0.6 is 27.3 Å². The molecular weight excluding hydrogens is 484 g/mol. The molecule has 0 N–H and O–H groups in total. The zero-order valence-electron chi connectivity index (χ0n) is 17.0. The fourth-order valence-corrected chi connectivity index (χ4v) is 4.80. The van der Waals surface area contributed by atoms with Crippen molar-refractivity contribution in [3.8, 4) is 5.75 Å². The lowest BCUT2D eigenvalue weighted by Gasteiger charge is -2.24. The van der Waals surface area contributed by atoms with Gasteiger partial charge in [0.05, 0.1) is 35.6 Å². The van der Waals surface area contributed by atoms with Gasteiger partial charge >= 0.3 is 5.97 Å². The summed E-state index contributed by atoms with van der Waals surface area (Å²) in [5, 5.41) is 0. The molecule has 160 valence electrons. The number of esters is 1. The van der Waals surface area contributed by atoms with E-state index in [0.29, 0.717) is 36.8 Å². The van der Waals surface area contributed by atoms with Gasteiger partial charge in [0.1, 0.15) is 11.5 Å². The van der Waals surface area contributed by atoms with Crippen molar-refractivity contribution in [3.05, 3.63) is 83.3 Å². The molecule has 0 amide bonds. The number of furan rings is 1. The van der Waals surface area contributed by atoms with E-state index < -0.39 is 12.0 Å². The van der Waals surface area contributed by atoms with Crippen LogP contribution in [0.3, 0.4) is 0 Å². The number of fused-ring (bicyclic) bond motifs is 1. The van der Waals surface area contributed by atoms with Gasteiger partial charge in [0.2, 0.25) is 0 Å². The first-order chi connectivity index (χ1) is 14.9. The molecule has 3 aromatic rings. The summed E-state index contributed by atoms with van der Waals surface area (Å²) in [6, 6.07) is 10.1. The molecule has 1 aliphatic heterocycles. The Kier molecular flexibility index (Phi) is 5.97. The molecule has 7 nitrogen and oxygen atoms in total. The Bertz CT molecular complexity index is 1360. The van der Waals surface area contributed by atoms with E-state index in [0.717, 1.165) is 5.56 Å². The summed E-state index contributed by atoms with van der Waals surface area (Å²) in [6.45, 7) is 3.71. The number of ether oxygens (including phenoxy) is 2. The second-order valence-electron chi connectivity index (χ2n) is 6.72. The van der Waals surface area contributed by atoms with E-state index in [9.17, 15) is 9.59 Å². The average molecular weight is 503 g/mol. The fraction of sp³-hybridized carbons (Fsp3) is 0.227. The van der Waals surface area contributed by atoms with Gasteiger partial charge in [-0.25, -0.2) is 9.79 Å². The van der Waals surface area contributed by atoms with E-state index in [2.05, 4.69) is 20.9 Å². The number of hydrogen-bond donors (Lipinski definition) is 0. The maximum absolute atomic E-state index is 13.4. The normalized spacial score (nSPS) is 16.1. The maximum atomic E-state index is 13.4. The van der Waals surface area contributed by atoms with Gasteiger partial charge in [0, 0.05) is 6.08 Å². The van der Waals surface area contributed by atoms with Crippen LogP contribution in [0.1, 0.15) is 31.2 Å². The first-order valence-electron chi connectivity index (χ1n) is 9.52. The summed E-state index contributed by atoms with van der Waals surface area (Å²) < 4.78 is 18.7. The van der Waals surface area contributed by atoms with Crippen LogP contribution in [0.25, 0.3) is 6.08 Å². The van der Waals surface area contributed by atoms with Gasteiger partial charge in [-0.1, -0.05) is 23.5 Å². The summed E-state index contributed by atoms with van der Waals surface area (Å²) >= 11 is 4.51. The second-order valence-corrected chi connectivity index (χ2v) is 8.51. The molecular formula is C22H19BrN2O5S. The Morgan fingerprint density at radius 3 is 2.84 bits per heavy atom. The summed E-state index contributed by atoms with van der Waals surface area (Å²) in [7, 11) is 1.57. The molecule has 1 aromatic carbocycles. The molecule has 1 aliphatic rings. The number of aromatic nitrogens is 1. The summed E-state index contributed by atoms with van der Waals surface area (Å²) in [5.41, 5.74) is 1.30. The topological polar surface area (TPSA) is 83.0 Å². The zero-order valence-corrected chi connectivity index (χ0v) is 19.5. The highest BCUT2D eigenvalue weighted by atomic mass is 79.9. The Balaban J connectivity index is 1.97. The lowest BCUT2D eigenvalue weighted by atomic mass is 9.95. The van der Waals surface area contributed by atoms with Crippen molar-refractivity contribution in [1.82, 2.24) is 4.57 Å². The van der Waals surface area contributed by atoms with Crippen molar-refractivity contribution in [2.75, 3.05) is 13.7 Å². The molecule has 0 saturated carbocycles. The van der Waals surface area contributed by atoms with Crippen LogP contribution in [0.5, 0.6) is 5.75 Å². The van der Waals surface area contributed by atoms with E-state index in [1.807, 2.05) is 24.3 Å². The van der Waals surface area contributed by atoms with Crippen molar-refractivity contribution < 1.29 is 18.7 Å². The highest BCUT2D eigenvalue weighted by Gasteiger charge is 2.33. The molecule has 2 aromatic heterocycles. The van der Waals surface area contributed by atoms with Crippen LogP contribution < -0.4 is 19.6 Å². The van der Waals surface area contributed by atoms with Gasteiger partial charge < -0.3 is 13.9 Å². The SMILES string of the molecule is CCOC(=O)C1=C(C)N=c2s/c(=C\c3ccc(Br)o3)c(=O)n2[C@@H]1c1cccc(OC)c1. The third-order valence-corrected chi connectivity index (χ3v) is 6.20. The predicted molar refractivity (Wildman–Crippen MR) is 120 cm³/mol. The predicted octanol–water partition coefficient (Wildman–Crippen LogP) is 3.16. The number of hydrogen-bond acceptors (Lipinski definition) is 7. The molecule has 1 atom stereocenters. The molecule has 3 heterocycles. The number of halogens is 1. The summed E-state index contributed by atoms with van der Waals surface area (Å²) in [4.78, 5) is 31.3. The minimum atomic E-state index is -0.684. The third kappa shape index (κ3) is 4.03. The number of allylic oxidation sites excluding steroid dienone is 1. The minimum Gasteiger partial charge on any atom is -0.497 e. The quantitative estimate of drug-likeness (QED) is 0.500. The standard InChI is InChI=1S/C22H19BrN2O5S/c1-4-29-21(27)18-12(2)24-22-25(19(18)13-6-5-7-14(10-13)28-3)20(26)16(31-22)11-15-8-9-17(23)30-15/h5-11,19H,4H2,1-3H3/b16-11-/t19-/m1/s1. The molecule has 0 bridgehead atoms. The molecule has 0 aliphatic carbocycles. The van der Waals surface area contributed by atoms with Gasteiger partial charge in [-0.15, -0.1) is 0 Å². The number of nitrogens with zero attached hydrogens (tertiary/aromatic N) is 2. The molecule has 31 heavy (non-hydrogen) atoms. The number of carbonyl (C=O) groups excluding carboxylic acids is 1. The van der Waals surface area contributed by atoms with Gasteiger partial charge in [-0.05, 0) is 59.6 Å². The van der Waals surface area contributed by atoms with Crippen molar-refractivity contribution in [3.63, 3.8) is 0 Å². The van der Waals surface area contributed by atoms with E-state index in [1.54, 1.807) is 39.2 Å². The number of methoxy groups -OCH3 is 1. The number of rotatable bonds is 5. The van der Waals surface area contributed by atoms with Crippen molar-refractivity contribution in [2.24, 2.45) is 4.99 Å². The third-order valence-electron chi connectivity index (χ3n) is 4.79. The molecule has 9 heteroatoms. The van der Waals surface area contributed by atoms with Crippen LogP contribution in [0.4, 0.5) is 0 Å². The monoisotopic (exact) mass is 502 g/mol. The van der Waals surface area contributed by atoms with Crippen LogP contribution in [0.15, 0.2) is 66.5 Å². The van der Waals surface area contributed by atoms with Crippen LogP contribution in [-0.2, 0) is 9.53 Å². The highest BCUT2D eigenvalue weighted by Crippen LogP contribution is 2.32. The molecule has 0 unspecified atom stereocenters. The molecule has 0 fully saturated rings. The van der Waals surface area contributed by atoms with Crippen molar-refractivity contribution in [2.45, 2.75) is 19.9 Å². The lowest BCUT2D eigenvalue weighted by Crippen LogP contribution is -2.39. The first kappa shape index (κ1) is 21.3. The lowest BCUT2D eigenvalue weighted by molar-refractivity contribution is -0.139. The Labute approximate surface area is 190 Å². The van der Waals surface area contributed by atoms with Gasteiger partial charge in [-0.3, -0.25) is 9.36 Å². The number of carbonyl (C=O) groups is 1. The van der Waals surface area contributed by atoms with E-state index >= 15 is 0 Å². The van der Waals surface area contributed by atoms with E-state index in [1.165, 1.54) is 15.9 Å². The summed E-state index contributed by atoms with van der Waals surface area (Å²) in [5.74, 6) is 0.662.